The molecule has 0 amide bonds. The van der Waals surface area contributed by atoms with Crippen molar-refractivity contribution in [3.8, 4) is 11.5 Å². The quantitative estimate of drug-likeness (QED) is 0.668. The van der Waals surface area contributed by atoms with Gasteiger partial charge in [0, 0.05) is 25.7 Å². The Morgan fingerprint density at radius 3 is 2.60 bits per heavy atom. The maximum Gasteiger partial charge on any atom is 0.339 e. The molecule has 0 aliphatic rings. The van der Waals surface area contributed by atoms with Gasteiger partial charge in [-0.2, -0.15) is 0 Å². The summed E-state index contributed by atoms with van der Waals surface area (Å²) in [7, 11) is 0. The van der Waals surface area contributed by atoms with Gasteiger partial charge in [-0.05, 0) is 25.5 Å². The molecule has 0 saturated heterocycles. The first-order valence-electron chi connectivity index (χ1n) is 6.89. The molecule has 0 bridgehead atoms. The van der Waals surface area contributed by atoms with Gasteiger partial charge in [-0.25, -0.2) is 4.79 Å². The number of rotatable bonds is 10. The second kappa shape index (κ2) is 9.20. The molecule has 5 heteroatoms. The van der Waals surface area contributed by atoms with E-state index in [4.69, 9.17) is 19.3 Å². The van der Waals surface area contributed by atoms with E-state index in [2.05, 4.69) is 0 Å². The van der Waals surface area contributed by atoms with Crippen LogP contribution in [0.15, 0.2) is 18.2 Å². The standard InChI is InChI=1S/C15H22O5/c1-3-8-19-12-6-7-13(15(16)17)14(11-12)20-10-5-9-18-4-2/h6-7,11H,3-5,8-10H2,1-2H3,(H,16,17). The average Bonchev–Trinajstić information content (AvgIpc) is 2.44. The van der Waals surface area contributed by atoms with Crippen LogP contribution in [0.5, 0.6) is 11.5 Å². The van der Waals surface area contributed by atoms with E-state index in [0.717, 1.165) is 6.42 Å². The number of carboxylic acids is 1. The summed E-state index contributed by atoms with van der Waals surface area (Å²) in [6.45, 7) is 6.22. The number of carbonyl (C=O) groups is 1. The average molecular weight is 282 g/mol. The molecule has 1 aromatic carbocycles. The van der Waals surface area contributed by atoms with E-state index in [1.807, 2.05) is 13.8 Å². The van der Waals surface area contributed by atoms with Crippen molar-refractivity contribution in [2.75, 3.05) is 26.4 Å². The first kappa shape index (κ1) is 16.3. The molecular formula is C15H22O5. The minimum atomic E-state index is -1.01. The Morgan fingerprint density at radius 1 is 1.15 bits per heavy atom. The highest BCUT2D eigenvalue weighted by atomic mass is 16.5. The molecule has 20 heavy (non-hydrogen) atoms. The Balaban J connectivity index is 2.65. The van der Waals surface area contributed by atoms with Crippen molar-refractivity contribution in [1.82, 2.24) is 0 Å². The van der Waals surface area contributed by atoms with Crippen molar-refractivity contribution in [3.63, 3.8) is 0 Å². The molecule has 1 rings (SSSR count). The lowest BCUT2D eigenvalue weighted by atomic mass is 10.2. The summed E-state index contributed by atoms with van der Waals surface area (Å²) in [5, 5.41) is 9.13. The number of hydrogen-bond donors (Lipinski definition) is 1. The Labute approximate surface area is 119 Å². The van der Waals surface area contributed by atoms with Crippen LogP contribution in [0.3, 0.4) is 0 Å². The van der Waals surface area contributed by atoms with Crippen LogP contribution in [0.25, 0.3) is 0 Å². The molecule has 1 aromatic rings. The summed E-state index contributed by atoms with van der Waals surface area (Å²) in [4.78, 5) is 11.1. The first-order chi connectivity index (χ1) is 9.69. The van der Waals surface area contributed by atoms with Crippen molar-refractivity contribution in [2.45, 2.75) is 26.7 Å². The number of hydrogen-bond acceptors (Lipinski definition) is 4. The normalized spacial score (nSPS) is 10.3. The summed E-state index contributed by atoms with van der Waals surface area (Å²) in [6, 6.07) is 4.77. The van der Waals surface area contributed by atoms with Crippen LogP contribution in [-0.2, 0) is 4.74 Å². The van der Waals surface area contributed by atoms with E-state index in [9.17, 15) is 4.79 Å². The van der Waals surface area contributed by atoms with Crippen molar-refractivity contribution < 1.29 is 24.1 Å². The van der Waals surface area contributed by atoms with Crippen molar-refractivity contribution in [1.29, 1.82) is 0 Å². The molecule has 0 aromatic heterocycles. The van der Waals surface area contributed by atoms with E-state index in [1.54, 1.807) is 12.1 Å². The second-order valence-electron chi connectivity index (χ2n) is 4.21. The largest absolute Gasteiger partial charge is 0.493 e. The van der Waals surface area contributed by atoms with Crippen LogP contribution in [-0.4, -0.2) is 37.5 Å². The van der Waals surface area contributed by atoms with Gasteiger partial charge in [0.2, 0.25) is 0 Å². The molecule has 0 fully saturated rings. The molecule has 0 spiro atoms. The maximum atomic E-state index is 11.1. The first-order valence-corrected chi connectivity index (χ1v) is 6.89. The number of benzene rings is 1. The predicted molar refractivity (Wildman–Crippen MR) is 75.8 cm³/mol. The van der Waals surface area contributed by atoms with Gasteiger partial charge < -0.3 is 19.3 Å². The number of carboxylic acid groups (broad SMARTS) is 1. The van der Waals surface area contributed by atoms with Crippen LogP contribution in [0.1, 0.15) is 37.0 Å². The van der Waals surface area contributed by atoms with Gasteiger partial charge in [0.1, 0.15) is 17.1 Å². The SMILES string of the molecule is CCCOc1ccc(C(=O)O)c(OCCCOCC)c1. The highest BCUT2D eigenvalue weighted by Gasteiger charge is 2.12. The molecule has 0 aliphatic carbocycles. The van der Waals surface area contributed by atoms with Gasteiger partial charge in [-0.3, -0.25) is 0 Å². The van der Waals surface area contributed by atoms with Crippen LogP contribution >= 0.6 is 0 Å². The topological polar surface area (TPSA) is 65.0 Å². The predicted octanol–water partition coefficient (Wildman–Crippen LogP) is 2.98. The highest BCUT2D eigenvalue weighted by Crippen LogP contribution is 2.25. The van der Waals surface area contributed by atoms with Gasteiger partial charge in [0.15, 0.2) is 0 Å². The van der Waals surface area contributed by atoms with Crippen molar-refractivity contribution in [2.24, 2.45) is 0 Å². The van der Waals surface area contributed by atoms with Gasteiger partial charge in [0.25, 0.3) is 0 Å². The Kier molecular flexibility index (Phi) is 7.50. The molecule has 0 saturated carbocycles. The summed E-state index contributed by atoms with van der Waals surface area (Å²) in [5.41, 5.74) is 0.144. The fourth-order valence-corrected chi connectivity index (χ4v) is 1.60. The van der Waals surface area contributed by atoms with E-state index >= 15 is 0 Å². The summed E-state index contributed by atoms with van der Waals surface area (Å²) >= 11 is 0. The van der Waals surface area contributed by atoms with E-state index in [0.29, 0.717) is 44.3 Å². The number of ether oxygens (including phenoxy) is 3. The lowest BCUT2D eigenvalue weighted by molar-refractivity contribution is 0.0691. The third-order valence-electron chi connectivity index (χ3n) is 2.55. The van der Waals surface area contributed by atoms with E-state index < -0.39 is 5.97 Å². The molecule has 0 atom stereocenters. The van der Waals surface area contributed by atoms with Crippen LogP contribution in [0.4, 0.5) is 0 Å². The Hall–Kier alpha value is -1.75. The lowest BCUT2D eigenvalue weighted by Gasteiger charge is -2.11. The minimum absolute atomic E-state index is 0.144. The summed E-state index contributed by atoms with van der Waals surface area (Å²) < 4.78 is 16.2. The highest BCUT2D eigenvalue weighted by molar-refractivity contribution is 5.91. The van der Waals surface area contributed by atoms with Crippen LogP contribution in [0, 0.1) is 0 Å². The second-order valence-corrected chi connectivity index (χ2v) is 4.21. The molecule has 112 valence electrons. The fraction of sp³-hybridized carbons (Fsp3) is 0.533. The zero-order valence-electron chi connectivity index (χ0n) is 12.1. The third-order valence-corrected chi connectivity index (χ3v) is 2.55. The van der Waals surface area contributed by atoms with E-state index in [1.165, 1.54) is 6.07 Å². The van der Waals surface area contributed by atoms with Gasteiger partial charge in [0.05, 0.1) is 13.2 Å². The molecular weight excluding hydrogens is 260 g/mol. The Morgan fingerprint density at radius 2 is 1.95 bits per heavy atom. The summed E-state index contributed by atoms with van der Waals surface area (Å²) in [6.07, 6.45) is 1.61. The Bertz CT molecular complexity index is 417. The van der Waals surface area contributed by atoms with Gasteiger partial charge in [-0.15, -0.1) is 0 Å². The maximum absolute atomic E-state index is 11.1. The number of aromatic carboxylic acids is 1. The fourth-order valence-electron chi connectivity index (χ4n) is 1.60. The molecule has 0 heterocycles. The van der Waals surface area contributed by atoms with Crippen LogP contribution in [0.2, 0.25) is 0 Å². The van der Waals surface area contributed by atoms with Crippen molar-refractivity contribution >= 4 is 5.97 Å². The molecule has 1 N–H and O–H groups in total. The monoisotopic (exact) mass is 282 g/mol. The molecule has 0 aliphatic heterocycles. The summed E-state index contributed by atoms with van der Waals surface area (Å²) in [5.74, 6) is -0.0499. The van der Waals surface area contributed by atoms with E-state index in [-0.39, 0.29) is 5.56 Å². The zero-order chi connectivity index (χ0) is 14.8. The lowest BCUT2D eigenvalue weighted by Crippen LogP contribution is -2.07. The zero-order valence-corrected chi connectivity index (χ0v) is 12.1. The molecule has 5 nitrogen and oxygen atoms in total. The van der Waals surface area contributed by atoms with Crippen LogP contribution < -0.4 is 9.47 Å². The van der Waals surface area contributed by atoms with Gasteiger partial charge >= 0.3 is 5.97 Å². The minimum Gasteiger partial charge on any atom is -0.493 e. The van der Waals surface area contributed by atoms with Gasteiger partial charge in [-0.1, -0.05) is 6.92 Å². The third kappa shape index (κ3) is 5.48. The smallest absolute Gasteiger partial charge is 0.339 e. The molecule has 0 radical (unpaired) electrons. The molecule has 0 unspecified atom stereocenters. The van der Waals surface area contributed by atoms with Crippen molar-refractivity contribution in [3.05, 3.63) is 23.8 Å².